The van der Waals surface area contributed by atoms with Crippen LogP contribution in [0.1, 0.15) is 5.56 Å². The Labute approximate surface area is 134 Å². The molecule has 2 aromatic carbocycles. The number of rotatable bonds is 4. The molecule has 0 aliphatic rings. The van der Waals surface area contributed by atoms with Gasteiger partial charge in [-0.3, -0.25) is 10.1 Å². The highest BCUT2D eigenvalue weighted by Gasteiger charge is 2.10. The third-order valence-electron chi connectivity index (χ3n) is 2.64. The van der Waals surface area contributed by atoms with Gasteiger partial charge in [0.15, 0.2) is 0 Å². The first kappa shape index (κ1) is 15.1. The molecule has 7 heteroatoms. The second kappa shape index (κ2) is 6.43. The van der Waals surface area contributed by atoms with Crippen molar-refractivity contribution in [2.24, 2.45) is 0 Å². The average molecular weight is 376 g/mol. The third-order valence-corrected chi connectivity index (χ3v) is 3.98. The second-order valence-electron chi connectivity index (χ2n) is 4.01. The van der Waals surface area contributed by atoms with Gasteiger partial charge >= 0.3 is 0 Å². The van der Waals surface area contributed by atoms with Crippen molar-refractivity contribution in [2.75, 3.05) is 5.32 Å². The van der Waals surface area contributed by atoms with Crippen LogP contribution in [0.4, 0.5) is 11.4 Å². The Balaban J connectivity index is 2.20. The van der Waals surface area contributed by atoms with E-state index in [4.69, 9.17) is 23.2 Å². The predicted octanol–water partition coefficient (Wildman–Crippen LogP) is 5.28. The first-order valence-electron chi connectivity index (χ1n) is 5.59. The van der Waals surface area contributed by atoms with Gasteiger partial charge in [-0.1, -0.05) is 39.1 Å². The Morgan fingerprint density at radius 2 is 1.95 bits per heavy atom. The van der Waals surface area contributed by atoms with Crippen LogP contribution in [-0.4, -0.2) is 4.92 Å². The molecule has 4 nitrogen and oxygen atoms in total. The fourth-order valence-corrected chi connectivity index (χ4v) is 2.40. The van der Waals surface area contributed by atoms with Crippen molar-refractivity contribution < 1.29 is 4.92 Å². The molecule has 20 heavy (non-hydrogen) atoms. The fraction of sp³-hybridized carbons (Fsp3) is 0.0769. The SMILES string of the molecule is O=[N+]([O-])c1ccc(Cl)c(NCc2cc(Cl)ccc2Br)c1. The molecule has 0 aromatic heterocycles. The molecule has 0 aliphatic heterocycles. The third kappa shape index (κ3) is 3.62. The number of nitrogens with one attached hydrogen (secondary N) is 1. The summed E-state index contributed by atoms with van der Waals surface area (Å²) in [4.78, 5) is 10.3. The normalized spacial score (nSPS) is 10.3. The average Bonchev–Trinajstić information content (AvgIpc) is 2.41. The second-order valence-corrected chi connectivity index (χ2v) is 5.71. The van der Waals surface area contributed by atoms with Gasteiger partial charge < -0.3 is 5.32 Å². The topological polar surface area (TPSA) is 55.2 Å². The molecule has 0 fully saturated rings. The van der Waals surface area contributed by atoms with Crippen molar-refractivity contribution in [3.05, 3.63) is 66.6 Å². The summed E-state index contributed by atoms with van der Waals surface area (Å²) < 4.78 is 0.899. The summed E-state index contributed by atoms with van der Waals surface area (Å²) in [6, 6.07) is 9.69. The van der Waals surface area contributed by atoms with Crippen LogP contribution >= 0.6 is 39.1 Å². The van der Waals surface area contributed by atoms with Crippen LogP contribution in [0.5, 0.6) is 0 Å². The number of benzene rings is 2. The summed E-state index contributed by atoms with van der Waals surface area (Å²) in [6.07, 6.45) is 0. The Morgan fingerprint density at radius 1 is 1.20 bits per heavy atom. The Kier molecular flexibility index (Phi) is 4.86. The number of hydrogen-bond acceptors (Lipinski definition) is 3. The number of anilines is 1. The van der Waals surface area contributed by atoms with E-state index in [2.05, 4.69) is 21.2 Å². The molecule has 0 saturated heterocycles. The summed E-state index contributed by atoms with van der Waals surface area (Å²) >= 11 is 15.4. The summed E-state index contributed by atoms with van der Waals surface area (Å²) in [5, 5.41) is 14.9. The highest BCUT2D eigenvalue weighted by molar-refractivity contribution is 9.10. The number of non-ortho nitro benzene ring substituents is 1. The first-order chi connectivity index (χ1) is 9.47. The van der Waals surface area contributed by atoms with E-state index in [-0.39, 0.29) is 5.69 Å². The van der Waals surface area contributed by atoms with Crippen molar-refractivity contribution in [1.29, 1.82) is 0 Å². The van der Waals surface area contributed by atoms with Gasteiger partial charge in [0.2, 0.25) is 0 Å². The van der Waals surface area contributed by atoms with Crippen LogP contribution in [0.15, 0.2) is 40.9 Å². The molecule has 2 rings (SSSR count). The lowest BCUT2D eigenvalue weighted by atomic mass is 10.2. The molecule has 0 heterocycles. The van der Waals surface area contributed by atoms with Gasteiger partial charge in [-0.25, -0.2) is 0 Å². The number of halogens is 3. The van der Waals surface area contributed by atoms with Crippen LogP contribution in [0.25, 0.3) is 0 Å². The molecular weight excluding hydrogens is 367 g/mol. The molecule has 0 unspecified atom stereocenters. The van der Waals surface area contributed by atoms with Crippen LogP contribution in [0.2, 0.25) is 10.0 Å². The lowest BCUT2D eigenvalue weighted by Gasteiger charge is -2.10. The Bertz CT molecular complexity index is 665. The molecule has 0 amide bonds. The van der Waals surface area contributed by atoms with Crippen molar-refractivity contribution in [3.8, 4) is 0 Å². The number of nitro benzene ring substituents is 1. The Morgan fingerprint density at radius 3 is 2.65 bits per heavy atom. The van der Waals surface area contributed by atoms with Gasteiger partial charge in [-0.15, -0.1) is 0 Å². The molecule has 0 atom stereocenters. The molecule has 0 aliphatic carbocycles. The first-order valence-corrected chi connectivity index (χ1v) is 7.14. The van der Waals surface area contributed by atoms with Crippen LogP contribution in [0.3, 0.4) is 0 Å². The summed E-state index contributed by atoms with van der Waals surface area (Å²) in [7, 11) is 0. The van der Waals surface area contributed by atoms with Gasteiger partial charge in [0, 0.05) is 28.2 Å². The molecule has 0 bridgehead atoms. The number of nitrogens with zero attached hydrogens (tertiary/aromatic N) is 1. The lowest BCUT2D eigenvalue weighted by Crippen LogP contribution is -2.01. The highest BCUT2D eigenvalue weighted by atomic mass is 79.9. The minimum atomic E-state index is -0.461. The van der Waals surface area contributed by atoms with E-state index < -0.39 is 4.92 Å². The van der Waals surface area contributed by atoms with Gasteiger partial charge in [-0.2, -0.15) is 0 Å². The maximum atomic E-state index is 10.7. The molecule has 0 saturated carbocycles. The van der Waals surface area contributed by atoms with E-state index in [0.29, 0.717) is 22.3 Å². The van der Waals surface area contributed by atoms with Crippen LogP contribution in [-0.2, 0) is 6.54 Å². The monoisotopic (exact) mass is 374 g/mol. The van der Waals surface area contributed by atoms with Crippen LogP contribution in [0, 0.1) is 10.1 Å². The quantitative estimate of drug-likeness (QED) is 0.584. The minimum Gasteiger partial charge on any atom is -0.380 e. The van der Waals surface area contributed by atoms with Gasteiger partial charge in [0.25, 0.3) is 5.69 Å². The van der Waals surface area contributed by atoms with E-state index in [9.17, 15) is 10.1 Å². The molecular formula is C13H9BrCl2N2O2. The summed E-state index contributed by atoms with van der Waals surface area (Å²) in [5.41, 5.74) is 1.43. The number of nitro groups is 1. The minimum absolute atomic E-state index is 0.0120. The van der Waals surface area contributed by atoms with Crippen LogP contribution < -0.4 is 5.32 Å². The lowest BCUT2D eigenvalue weighted by molar-refractivity contribution is -0.384. The molecule has 1 N–H and O–H groups in total. The number of hydrogen-bond donors (Lipinski definition) is 1. The van der Waals surface area contributed by atoms with Gasteiger partial charge in [-0.05, 0) is 29.8 Å². The van der Waals surface area contributed by atoms with Crippen molar-refractivity contribution in [3.63, 3.8) is 0 Å². The zero-order valence-corrected chi connectivity index (χ0v) is 13.2. The highest BCUT2D eigenvalue weighted by Crippen LogP contribution is 2.28. The molecule has 104 valence electrons. The summed E-state index contributed by atoms with van der Waals surface area (Å²) in [5.74, 6) is 0. The summed E-state index contributed by atoms with van der Waals surface area (Å²) in [6.45, 7) is 0.446. The van der Waals surface area contributed by atoms with E-state index in [0.717, 1.165) is 10.0 Å². The van der Waals surface area contributed by atoms with Crippen molar-refractivity contribution in [2.45, 2.75) is 6.54 Å². The molecule has 0 radical (unpaired) electrons. The Hall–Kier alpha value is -1.30. The predicted molar refractivity (Wildman–Crippen MR) is 84.6 cm³/mol. The van der Waals surface area contributed by atoms with E-state index in [1.807, 2.05) is 12.1 Å². The molecule has 0 spiro atoms. The standard InChI is InChI=1S/C13H9BrCl2N2O2/c14-11-3-1-9(15)5-8(11)7-17-13-6-10(18(19)20)2-4-12(13)16/h1-6,17H,7H2. The van der Waals surface area contributed by atoms with E-state index >= 15 is 0 Å². The van der Waals surface area contributed by atoms with Gasteiger partial charge in [0.05, 0.1) is 15.6 Å². The maximum absolute atomic E-state index is 10.7. The largest absolute Gasteiger partial charge is 0.380 e. The smallest absolute Gasteiger partial charge is 0.271 e. The van der Waals surface area contributed by atoms with Crippen molar-refractivity contribution in [1.82, 2.24) is 0 Å². The molecule has 2 aromatic rings. The fourth-order valence-electron chi connectivity index (χ4n) is 1.63. The zero-order valence-electron chi connectivity index (χ0n) is 10.1. The van der Waals surface area contributed by atoms with E-state index in [1.54, 1.807) is 6.07 Å². The van der Waals surface area contributed by atoms with Crippen molar-refractivity contribution >= 4 is 50.5 Å². The zero-order chi connectivity index (χ0) is 14.7. The van der Waals surface area contributed by atoms with E-state index in [1.165, 1.54) is 18.2 Å². The maximum Gasteiger partial charge on any atom is 0.271 e. The van der Waals surface area contributed by atoms with Gasteiger partial charge in [0.1, 0.15) is 0 Å².